The molecule has 0 amide bonds. The summed E-state index contributed by atoms with van der Waals surface area (Å²) in [7, 11) is 0. The summed E-state index contributed by atoms with van der Waals surface area (Å²) in [4.78, 5) is 80.0. The summed E-state index contributed by atoms with van der Waals surface area (Å²) in [5, 5.41) is 0. The molecule has 0 aliphatic carbocycles. The first-order chi connectivity index (χ1) is 25.3. The summed E-state index contributed by atoms with van der Waals surface area (Å²) in [6, 6.07) is 38.7. The smallest absolute Gasteiger partial charge is 0.338 e. The molecule has 5 aromatic rings. The molecule has 0 aliphatic heterocycles. The number of rotatable bonds is 15. The van der Waals surface area contributed by atoms with Gasteiger partial charge in [0.1, 0.15) is 6.61 Å². The van der Waals surface area contributed by atoms with Crippen LogP contribution in [-0.4, -0.2) is 67.2 Å². The van der Waals surface area contributed by atoms with Crippen LogP contribution in [-0.2, 0) is 28.5 Å². The Labute approximate surface area is 298 Å². The van der Waals surface area contributed by atoms with Gasteiger partial charge in [0.05, 0.1) is 27.8 Å². The van der Waals surface area contributed by atoms with Crippen LogP contribution in [0.25, 0.3) is 0 Å². The van der Waals surface area contributed by atoms with Crippen molar-refractivity contribution in [3.63, 3.8) is 0 Å². The van der Waals surface area contributed by atoms with Gasteiger partial charge in [0.2, 0.25) is 0 Å². The van der Waals surface area contributed by atoms with Gasteiger partial charge >= 0.3 is 29.8 Å². The predicted octanol–water partition coefficient (Wildman–Crippen LogP) is 5.94. The number of carbonyl (C=O) groups is 6. The lowest BCUT2D eigenvalue weighted by atomic mass is 10.0. The van der Waals surface area contributed by atoms with Gasteiger partial charge in [0.15, 0.2) is 30.7 Å². The van der Waals surface area contributed by atoms with E-state index in [1.54, 1.807) is 91.0 Å². The van der Waals surface area contributed by atoms with E-state index in [-0.39, 0.29) is 34.1 Å². The maximum Gasteiger partial charge on any atom is 0.338 e. The quantitative estimate of drug-likeness (QED) is 0.0725. The van der Waals surface area contributed by atoms with Gasteiger partial charge in [-0.1, -0.05) is 91.0 Å². The molecule has 11 heteroatoms. The number of carbonyl (C=O) groups excluding carboxylic acids is 6. The standard InChI is InChI=1S/C41H32O11/c42-26-33(49-38(44)29-18-8-2-9-19-29)35(51-40(46)31-22-12-4-13-23-31)36(52-41(47)32-24-14-5-15-25-32)34(50-39(45)30-20-10-3-11-21-30)27-48-37(43)28-16-6-1-7-17-28/h1-26,33-36H,27H2/t33-,34+,35+,36+/m0/s1. The Balaban J connectivity index is 1.59. The van der Waals surface area contributed by atoms with Crippen molar-refractivity contribution in [3.8, 4) is 0 Å². The second-order valence-electron chi connectivity index (χ2n) is 11.1. The van der Waals surface area contributed by atoms with Crippen LogP contribution in [0.5, 0.6) is 0 Å². The Hall–Kier alpha value is -6.88. The summed E-state index contributed by atoms with van der Waals surface area (Å²) < 4.78 is 28.7. The number of aldehydes is 1. The fourth-order valence-electron chi connectivity index (χ4n) is 4.94. The highest BCUT2D eigenvalue weighted by molar-refractivity contribution is 5.93. The third-order valence-corrected chi connectivity index (χ3v) is 7.56. The van der Waals surface area contributed by atoms with E-state index in [0.717, 1.165) is 0 Å². The molecular formula is C41H32O11. The molecule has 4 atom stereocenters. The van der Waals surface area contributed by atoms with Crippen molar-refractivity contribution >= 4 is 36.1 Å². The van der Waals surface area contributed by atoms with Crippen LogP contribution in [0, 0.1) is 0 Å². The molecule has 0 fully saturated rings. The van der Waals surface area contributed by atoms with Gasteiger partial charge in [0, 0.05) is 0 Å². The monoisotopic (exact) mass is 700 g/mol. The van der Waals surface area contributed by atoms with Crippen LogP contribution >= 0.6 is 0 Å². The molecule has 0 aromatic heterocycles. The van der Waals surface area contributed by atoms with Gasteiger partial charge in [-0.2, -0.15) is 0 Å². The second kappa shape index (κ2) is 18.2. The van der Waals surface area contributed by atoms with E-state index in [2.05, 4.69) is 0 Å². The van der Waals surface area contributed by atoms with Crippen LogP contribution < -0.4 is 0 Å². The van der Waals surface area contributed by atoms with Crippen molar-refractivity contribution in [1.29, 1.82) is 0 Å². The average molecular weight is 701 g/mol. The molecule has 0 radical (unpaired) electrons. The van der Waals surface area contributed by atoms with Gasteiger partial charge in [-0.3, -0.25) is 4.79 Å². The fraction of sp³-hybridized carbons (Fsp3) is 0.122. The van der Waals surface area contributed by atoms with E-state index in [1.807, 2.05) is 0 Å². The molecule has 0 heterocycles. The topological polar surface area (TPSA) is 149 Å². The summed E-state index contributed by atoms with van der Waals surface area (Å²) in [5.41, 5.74) is 0.370. The maximum atomic E-state index is 13.7. The van der Waals surface area contributed by atoms with E-state index < -0.39 is 60.9 Å². The fourth-order valence-corrected chi connectivity index (χ4v) is 4.94. The highest BCUT2D eigenvalue weighted by Gasteiger charge is 2.45. The zero-order valence-electron chi connectivity index (χ0n) is 27.5. The van der Waals surface area contributed by atoms with Crippen molar-refractivity contribution in [2.24, 2.45) is 0 Å². The molecule has 5 rings (SSSR count). The third kappa shape index (κ3) is 9.85. The largest absolute Gasteiger partial charge is 0.458 e. The molecule has 0 N–H and O–H groups in total. The Morgan fingerprint density at radius 3 is 1.08 bits per heavy atom. The highest BCUT2D eigenvalue weighted by Crippen LogP contribution is 2.24. The first-order valence-corrected chi connectivity index (χ1v) is 16.1. The van der Waals surface area contributed by atoms with E-state index in [0.29, 0.717) is 0 Å². The van der Waals surface area contributed by atoms with Crippen molar-refractivity contribution in [1.82, 2.24) is 0 Å². The van der Waals surface area contributed by atoms with Crippen molar-refractivity contribution in [3.05, 3.63) is 179 Å². The molecule has 0 unspecified atom stereocenters. The van der Waals surface area contributed by atoms with Crippen molar-refractivity contribution in [2.45, 2.75) is 24.4 Å². The zero-order valence-corrected chi connectivity index (χ0v) is 27.5. The van der Waals surface area contributed by atoms with E-state index >= 15 is 0 Å². The summed E-state index contributed by atoms with van der Waals surface area (Å²) in [6.45, 7) is -0.753. The SMILES string of the molecule is O=C[C@H](OC(=O)c1ccccc1)[C@@H](OC(=O)c1ccccc1)[C@H](OC(=O)c1ccccc1)[C@@H](COC(=O)c1ccccc1)OC(=O)c1ccccc1. The summed E-state index contributed by atoms with van der Waals surface area (Å²) in [6.07, 6.45) is -7.33. The zero-order chi connectivity index (χ0) is 36.7. The normalized spacial score (nSPS) is 12.8. The Morgan fingerprint density at radius 2 is 0.712 bits per heavy atom. The molecule has 262 valence electrons. The van der Waals surface area contributed by atoms with Gasteiger partial charge in [-0.25, -0.2) is 24.0 Å². The van der Waals surface area contributed by atoms with Crippen LogP contribution in [0.15, 0.2) is 152 Å². The Morgan fingerprint density at radius 1 is 0.404 bits per heavy atom. The molecule has 5 aromatic carbocycles. The average Bonchev–Trinajstić information content (AvgIpc) is 3.21. The molecule has 0 bridgehead atoms. The third-order valence-electron chi connectivity index (χ3n) is 7.56. The first kappa shape index (κ1) is 36.4. The van der Waals surface area contributed by atoms with E-state index in [9.17, 15) is 28.8 Å². The molecule has 0 aliphatic rings. The number of hydrogen-bond acceptors (Lipinski definition) is 11. The lowest BCUT2D eigenvalue weighted by molar-refractivity contribution is -0.143. The van der Waals surface area contributed by atoms with Crippen molar-refractivity contribution in [2.75, 3.05) is 6.61 Å². The number of benzene rings is 5. The molecule has 52 heavy (non-hydrogen) atoms. The van der Waals surface area contributed by atoms with Crippen LogP contribution in [0.3, 0.4) is 0 Å². The molecular weight excluding hydrogens is 668 g/mol. The Bertz CT molecular complexity index is 1950. The second-order valence-corrected chi connectivity index (χ2v) is 11.1. The predicted molar refractivity (Wildman–Crippen MR) is 185 cm³/mol. The van der Waals surface area contributed by atoms with Crippen LogP contribution in [0.1, 0.15) is 51.8 Å². The lowest BCUT2D eigenvalue weighted by Crippen LogP contribution is -2.54. The maximum absolute atomic E-state index is 13.7. The van der Waals surface area contributed by atoms with Gasteiger partial charge < -0.3 is 23.7 Å². The van der Waals surface area contributed by atoms with Crippen molar-refractivity contribution < 1.29 is 52.5 Å². The molecule has 0 spiro atoms. The molecule has 0 saturated carbocycles. The molecule has 0 saturated heterocycles. The lowest BCUT2D eigenvalue weighted by Gasteiger charge is -2.34. The summed E-state index contributed by atoms with van der Waals surface area (Å²) >= 11 is 0. The minimum atomic E-state index is -1.95. The van der Waals surface area contributed by atoms with E-state index in [4.69, 9.17) is 23.7 Å². The Kier molecular flexibility index (Phi) is 12.7. The number of hydrogen-bond donors (Lipinski definition) is 0. The van der Waals surface area contributed by atoms with Gasteiger partial charge in [-0.15, -0.1) is 0 Å². The highest BCUT2D eigenvalue weighted by atomic mass is 16.6. The minimum absolute atomic E-state index is 0.0352. The minimum Gasteiger partial charge on any atom is -0.458 e. The van der Waals surface area contributed by atoms with Gasteiger partial charge in [0.25, 0.3) is 0 Å². The molecule has 11 nitrogen and oxygen atoms in total. The van der Waals surface area contributed by atoms with Crippen LogP contribution in [0.4, 0.5) is 0 Å². The number of esters is 5. The van der Waals surface area contributed by atoms with Gasteiger partial charge in [-0.05, 0) is 60.7 Å². The van der Waals surface area contributed by atoms with E-state index in [1.165, 1.54) is 60.7 Å². The van der Waals surface area contributed by atoms with Crippen LogP contribution in [0.2, 0.25) is 0 Å². The number of ether oxygens (including phenoxy) is 5. The summed E-state index contributed by atoms with van der Waals surface area (Å²) in [5.74, 6) is -4.71. The first-order valence-electron chi connectivity index (χ1n) is 16.1.